The fraction of sp³-hybridized carbons (Fsp3) is 0.650. The highest BCUT2D eigenvalue weighted by Crippen LogP contribution is 2.44. The molecule has 0 amide bonds. The van der Waals surface area contributed by atoms with E-state index < -0.39 is 0 Å². The Morgan fingerprint density at radius 2 is 1.77 bits per heavy atom. The minimum Gasteiger partial charge on any atom is -0.396 e. The van der Waals surface area contributed by atoms with E-state index in [-0.39, 0.29) is 0 Å². The molecule has 2 atom stereocenters. The minimum absolute atomic E-state index is 0.376. The van der Waals surface area contributed by atoms with Crippen LogP contribution in [0.3, 0.4) is 0 Å². The molecule has 2 heteroatoms. The minimum atomic E-state index is 0.376. The molecule has 22 heavy (non-hydrogen) atoms. The summed E-state index contributed by atoms with van der Waals surface area (Å²) in [7, 11) is 0. The van der Waals surface area contributed by atoms with E-state index in [0.717, 1.165) is 17.4 Å². The van der Waals surface area contributed by atoms with Crippen LogP contribution in [0.4, 0.5) is 0 Å². The van der Waals surface area contributed by atoms with E-state index in [9.17, 15) is 10.4 Å². The van der Waals surface area contributed by atoms with Gasteiger partial charge in [-0.1, -0.05) is 31.0 Å². The molecule has 1 aromatic rings. The molecule has 0 radical (unpaired) electrons. The number of nitriles is 1. The van der Waals surface area contributed by atoms with Gasteiger partial charge in [-0.05, 0) is 73.8 Å². The van der Waals surface area contributed by atoms with Gasteiger partial charge in [0.05, 0.1) is 11.6 Å². The summed E-state index contributed by atoms with van der Waals surface area (Å²) >= 11 is 0. The summed E-state index contributed by atoms with van der Waals surface area (Å²) in [6, 6.07) is 10.5. The van der Waals surface area contributed by atoms with Crippen molar-refractivity contribution >= 4 is 0 Å². The first kappa shape index (κ1) is 15.6. The second-order valence-electron chi connectivity index (χ2n) is 7.29. The third kappa shape index (κ3) is 3.36. The van der Waals surface area contributed by atoms with E-state index in [1.807, 2.05) is 12.1 Å². The number of nitrogens with zero attached hydrogens (tertiary/aromatic N) is 1. The molecule has 0 heterocycles. The fourth-order valence-corrected chi connectivity index (χ4v) is 4.78. The Hall–Kier alpha value is -1.33. The van der Waals surface area contributed by atoms with Crippen LogP contribution in [0.15, 0.2) is 24.3 Å². The lowest BCUT2D eigenvalue weighted by atomic mass is 9.68. The predicted octanol–water partition coefficient (Wildman–Crippen LogP) is 4.63. The number of aliphatic hydroxyl groups excluding tert-OH is 1. The predicted molar refractivity (Wildman–Crippen MR) is 88.4 cm³/mol. The average molecular weight is 297 g/mol. The van der Waals surface area contributed by atoms with Gasteiger partial charge in [-0.25, -0.2) is 0 Å². The highest BCUT2D eigenvalue weighted by molar-refractivity contribution is 5.39. The van der Waals surface area contributed by atoms with Gasteiger partial charge in [0.1, 0.15) is 0 Å². The van der Waals surface area contributed by atoms with Gasteiger partial charge in [0, 0.05) is 6.61 Å². The van der Waals surface area contributed by atoms with E-state index in [1.165, 1.54) is 56.9 Å². The van der Waals surface area contributed by atoms with Crippen LogP contribution in [-0.2, 0) is 0 Å². The second kappa shape index (κ2) is 7.29. The largest absolute Gasteiger partial charge is 0.396 e. The van der Waals surface area contributed by atoms with Gasteiger partial charge in [-0.15, -0.1) is 0 Å². The van der Waals surface area contributed by atoms with Crippen LogP contribution >= 0.6 is 0 Å². The number of aliphatic hydroxyl groups is 1. The Kier molecular flexibility index (Phi) is 5.16. The molecular weight excluding hydrogens is 270 g/mol. The topological polar surface area (TPSA) is 44.0 Å². The molecule has 2 fully saturated rings. The number of rotatable bonds is 3. The zero-order valence-corrected chi connectivity index (χ0v) is 13.4. The van der Waals surface area contributed by atoms with Gasteiger partial charge in [-0.2, -0.15) is 5.26 Å². The van der Waals surface area contributed by atoms with Crippen molar-refractivity contribution in [2.75, 3.05) is 6.61 Å². The summed E-state index contributed by atoms with van der Waals surface area (Å²) in [6.45, 7) is 0.376. The molecule has 0 saturated heterocycles. The first-order valence-electron chi connectivity index (χ1n) is 8.91. The SMILES string of the molecule is N#Cc1ccccc1C1CCC(C2CCCC(CO)C2)CC1. The molecule has 1 aromatic carbocycles. The van der Waals surface area contributed by atoms with Crippen molar-refractivity contribution in [2.45, 2.75) is 57.3 Å². The first-order valence-corrected chi connectivity index (χ1v) is 8.91. The Morgan fingerprint density at radius 1 is 1.00 bits per heavy atom. The van der Waals surface area contributed by atoms with Gasteiger partial charge < -0.3 is 5.11 Å². The van der Waals surface area contributed by atoms with Gasteiger partial charge in [0.25, 0.3) is 0 Å². The highest BCUT2D eigenvalue weighted by atomic mass is 16.3. The molecule has 1 N–H and O–H groups in total. The van der Waals surface area contributed by atoms with Crippen molar-refractivity contribution in [1.29, 1.82) is 5.26 Å². The van der Waals surface area contributed by atoms with Crippen LogP contribution in [0, 0.1) is 29.1 Å². The number of benzene rings is 1. The van der Waals surface area contributed by atoms with Crippen LogP contribution < -0.4 is 0 Å². The molecule has 0 aromatic heterocycles. The average Bonchev–Trinajstić information content (AvgIpc) is 2.62. The third-order valence-corrected chi connectivity index (χ3v) is 6.04. The van der Waals surface area contributed by atoms with Crippen molar-refractivity contribution in [3.63, 3.8) is 0 Å². The van der Waals surface area contributed by atoms with Crippen LogP contribution in [0.2, 0.25) is 0 Å². The molecule has 0 spiro atoms. The summed E-state index contributed by atoms with van der Waals surface area (Å²) in [5.74, 6) is 2.80. The maximum atomic E-state index is 9.42. The molecule has 2 saturated carbocycles. The molecule has 2 aliphatic rings. The van der Waals surface area contributed by atoms with Crippen LogP contribution in [0.5, 0.6) is 0 Å². The van der Waals surface area contributed by atoms with Crippen molar-refractivity contribution < 1.29 is 5.11 Å². The quantitative estimate of drug-likeness (QED) is 0.884. The van der Waals surface area contributed by atoms with Gasteiger partial charge >= 0.3 is 0 Å². The van der Waals surface area contributed by atoms with Crippen LogP contribution in [0.25, 0.3) is 0 Å². The van der Waals surface area contributed by atoms with Crippen molar-refractivity contribution in [3.8, 4) is 6.07 Å². The third-order valence-electron chi connectivity index (χ3n) is 6.04. The first-order chi connectivity index (χ1) is 10.8. The van der Waals surface area contributed by atoms with E-state index in [0.29, 0.717) is 18.4 Å². The van der Waals surface area contributed by atoms with Gasteiger partial charge in [-0.3, -0.25) is 0 Å². The molecule has 0 aliphatic heterocycles. The van der Waals surface area contributed by atoms with E-state index in [1.54, 1.807) is 0 Å². The van der Waals surface area contributed by atoms with Crippen LogP contribution in [0.1, 0.15) is 68.4 Å². The number of hydrogen-bond acceptors (Lipinski definition) is 2. The maximum Gasteiger partial charge on any atom is 0.0994 e. The van der Waals surface area contributed by atoms with Crippen molar-refractivity contribution in [2.24, 2.45) is 17.8 Å². The lowest BCUT2D eigenvalue weighted by Gasteiger charge is -2.38. The smallest absolute Gasteiger partial charge is 0.0994 e. The summed E-state index contributed by atoms with van der Waals surface area (Å²) in [5.41, 5.74) is 2.13. The Labute approximate surface area is 134 Å². The summed E-state index contributed by atoms with van der Waals surface area (Å²) in [6.07, 6.45) is 10.2. The van der Waals surface area contributed by atoms with Crippen molar-refractivity contribution in [3.05, 3.63) is 35.4 Å². The standard InChI is InChI=1S/C20H27NO/c21-13-19-5-1-2-7-20(19)17-10-8-16(9-11-17)18-6-3-4-15(12-18)14-22/h1-2,5,7,15-18,22H,3-4,6,8-12,14H2. The molecule has 2 aliphatic carbocycles. The Balaban J connectivity index is 1.59. The normalized spacial score (nSPS) is 32.4. The van der Waals surface area contributed by atoms with Crippen LogP contribution in [-0.4, -0.2) is 11.7 Å². The second-order valence-corrected chi connectivity index (χ2v) is 7.29. The summed E-state index contributed by atoms with van der Waals surface area (Å²) in [4.78, 5) is 0. The molecule has 118 valence electrons. The van der Waals surface area contributed by atoms with Crippen molar-refractivity contribution in [1.82, 2.24) is 0 Å². The lowest BCUT2D eigenvalue weighted by molar-refractivity contribution is 0.113. The van der Waals surface area contributed by atoms with E-state index >= 15 is 0 Å². The van der Waals surface area contributed by atoms with E-state index in [2.05, 4.69) is 18.2 Å². The van der Waals surface area contributed by atoms with Gasteiger partial charge in [0.2, 0.25) is 0 Å². The molecule has 2 nitrogen and oxygen atoms in total. The zero-order valence-electron chi connectivity index (χ0n) is 13.4. The number of hydrogen-bond donors (Lipinski definition) is 1. The van der Waals surface area contributed by atoms with Gasteiger partial charge in [0.15, 0.2) is 0 Å². The fourth-order valence-electron chi connectivity index (χ4n) is 4.78. The Morgan fingerprint density at radius 3 is 2.50 bits per heavy atom. The zero-order chi connectivity index (χ0) is 15.4. The molecule has 2 unspecified atom stereocenters. The molecular formula is C20H27NO. The molecule has 0 bridgehead atoms. The monoisotopic (exact) mass is 297 g/mol. The molecule has 3 rings (SSSR count). The van der Waals surface area contributed by atoms with E-state index in [4.69, 9.17) is 0 Å². The highest BCUT2D eigenvalue weighted by Gasteiger charge is 2.32. The maximum absolute atomic E-state index is 9.42. The summed E-state index contributed by atoms with van der Waals surface area (Å²) < 4.78 is 0. The Bertz CT molecular complexity index is 525. The summed E-state index contributed by atoms with van der Waals surface area (Å²) in [5, 5.41) is 18.7. The lowest BCUT2D eigenvalue weighted by Crippen LogP contribution is -2.27.